The Morgan fingerprint density at radius 1 is 1.23 bits per heavy atom. The highest BCUT2D eigenvalue weighted by molar-refractivity contribution is 5.78. The first-order chi connectivity index (χ1) is 10.7. The van der Waals surface area contributed by atoms with Gasteiger partial charge in [-0.1, -0.05) is 0 Å². The van der Waals surface area contributed by atoms with Crippen molar-refractivity contribution >= 4 is 16.9 Å². The van der Waals surface area contributed by atoms with Crippen LogP contribution >= 0.6 is 0 Å². The smallest absolute Gasteiger partial charge is 0.157 e. The summed E-state index contributed by atoms with van der Waals surface area (Å²) in [6, 6.07) is 6.14. The molecule has 1 fully saturated rings. The molecule has 22 heavy (non-hydrogen) atoms. The molecule has 0 amide bonds. The number of fused-ring (bicyclic) bond motifs is 1. The van der Waals surface area contributed by atoms with Crippen molar-refractivity contribution in [1.29, 1.82) is 0 Å². The molecule has 1 aliphatic heterocycles. The van der Waals surface area contributed by atoms with Gasteiger partial charge in [0.1, 0.15) is 12.1 Å². The first-order valence-electron chi connectivity index (χ1n) is 7.53. The highest BCUT2D eigenvalue weighted by Crippen LogP contribution is 2.32. The Kier molecular flexibility index (Phi) is 3.03. The van der Waals surface area contributed by atoms with Gasteiger partial charge in [0.15, 0.2) is 5.65 Å². The molecule has 3 aromatic heterocycles. The van der Waals surface area contributed by atoms with Crippen molar-refractivity contribution in [2.24, 2.45) is 7.05 Å². The van der Waals surface area contributed by atoms with Crippen LogP contribution in [0, 0.1) is 6.92 Å². The number of aryl methyl sites for hydroxylation is 2. The summed E-state index contributed by atoms with van der Waals surface area (Å²) in [4.78, 5) is 15.3. The van der Waals surface area contributed by atoms with Crippen LogP contribution in [0.3, 0.4) is 0 Å². The monoisotopic (exact) mass is 294 g/mol. The van der Waals surface area contributed by atoms with Crippen molar-refractivity contribution < 1.29 is 0 Å². The Balaban J connectivity index is 1.65. The normalized spacial score (nSPS) is 18.3. The topological polar surface area (TPSA) is 59.7 Å². The number of nitrogens with zero attached hydrogens (tertiary/aromatic N) is 6. The number of rotatable bonds is 2. The molecule has 1 saturated heterocycles. The fourth-order valence-corrected chi connectivity index (χ4v) is 3.22. The summed E-state index contributed by atoms with van der Waals surface area (Å²) in [5.74, 6) is 1.43. The van der Waals surface area contributed by atoms with Crippen LogP contribution in [0.15, 0.2) is 30.7 Å². The molecular weight excluding hydrogens is 276 g/mol. The van der Waals surface area contributed by atoms with E-state index in [9.17, 15) is 0 Å². The van der Waals surface area contributed by atoms with Crippen LogP contribution in [-0.2, 0) is 7.05 Å². The second-order valence-electron chi connectivity index (χ2n) is 5.83. The van der Waals surface area contributed by atoms with Gasteiger partial charge in [-0.05, 0) is 25.5 Å². The van der Waals surface area contributed by atoms with Crippen LogP contribution < -0.4 is 4.90 Å². The summed E-state index contributed by atoms with van der Waals surface area (Å²) >= 11 is 0. The van der Waals surface area contributed by atoms with E-state index in [4.69, 9.17) is 5.10 Å². The second-order valence-corrected chi connectivity index (χ2v) is 5.83. The number of pyridine rings is 1. The number of aromatic nitrogens is 5. The van der Waals surface area contributed by atoms with Crippen molar-refractivity contribution in [3.05, 3.63) is 42.1 Å². The number of hydrogen-bond acceptors (Lipinski definition) is 5. The maximum absolute atomic E-state index is 4.71. The van der Waals surface area contributed by atoms with Gasteiger partial charge >= 0.3 is 0 Å². The standard InChI is InChI=1S/C16H18N6/c1-11-8-14(19-10-18-11)22-7-5-12(9-22)15-13-4-3-6-17-16(13)21(2)20-15/h3-4,6,8,10,12H,5,7,9H2,1-2H3/t12-/m0/s1. The summed E-state index contributed by atoms with van der Waals surface area (Å²) in [5.41, 5.74) is 3.11. The third-order valence-corrected chi connectivity index (χ3v) is 4.32. The van der Waals surface area contributed by atoms with Crippen LogP contribution in [0.5, 0.6) is 0 Å². The summed E-state index contributed by atoms with van der Waals surface area (Å²) in [5, 5.41) is 5.87. The molecule has 0 radical (unpaired) electrons. The molecule has 6 heteroatoms. The third-order valence-electron chi connectivity index (χ3n) is 4.32. The summed E-state index contributed by atoms with van der Waals surface area (Å²) < 4.78 is 1.88. The van der Waals surface area contributed by atoms with Crippen LogP contribution in [0.4, 0.5) is 5.82 Å². The average molecular weight is 294 g/mol. The molecule has 4 heterocycles. The van der Waals surface area contributed by atoms with E-state index in [2.05, 4.69) is 25.9 Å². The van der Waals surface area contributed by atoms with E-state index in [1.165, 1.54) is 0 Å². The number of hydrogen-bond donors (Lipinski definition) is 0. The highest BCUT2D eigenvalue weighted by atomic mass is 15.3. The minimum Gasteiger partial charge on any atom is -0.356 e. The maximum atomic E-state index is 4.71. The highest BCUT2D eigenvalue weighted by Gasteiger charge is 2.28. The molecule has 3 aromatic rings. The van der Waals surface area contributed by atoms with Gasteiger partial charge in [-0.3, -0.25) is 4.68 Å². The van der Waals surface area contributed by atoms with E-state index in [0.29, 0.717) is 5.92 Å². The Bertz CT molecular complexity index is 824. The van der Waals surface area contributed by atoms with Crippen molar-refractivity contribution in [2.45, 2.75) is 19.3 Å². The largest absolute Gasteiger partial charge is 0.356 e. The first kappa shape index (κ1) is 13.2. The molecule has 1 aliphatic rings. The van der Waals surface area contributed by atoms with E-state index in [1.807, 2.05) is 37.0 Å². The summed E-state index contributed by atoms with van der Waals surface area (Å²) in [6.07, 6.45) is 4.54. The molecule has 112 valence electrons. The Morgan fingerprint density at radius 3 is 3.00 bits per heavy atom. The zero-order valence-electron chi connectivity index (χ0n) is 12.8. The van der Waals surface area contributed by atoms with E-state index < -0.39 is 0 Å². The lowest BCUT2D eigenvalue weighted by Gasteiger charge is -2.17. The zero-order chi connectivity index (χ0) is 15.1. The molecule has 0 aliphatic carbocycles. The quantitative estimate of drug-likeness (QED) is 0.724. The second kappa shape index (κ2) is 5.05. The van der Waals surface area contributed by atoms with E-state index in [0.717, 1.165) is 47.7 Å². The van der Waals surface area contributed by atoms with Gasteiger partial charge in [-0.2, -0.15) is 5.10 Å². The Labute approximate surface area is 128 Å². The number of anilines is 1. The predicted octanol–water partition coefficient (Wildman–Crippen LogP) is 2.06. The predicted molar refractivity (Wildman–Crippen MR) is 84.8 cm³/mol. The van der Waals surface area contributed by atoms with E-state index in [1.54, 1.807) is 6.33 Å². The molecule has 6 nitrogen and oxygen atoms in total. The molecule has 0 saturated carbocycles. The van der Waals surface area contributed by atoms with Crippen molar-refractivity contribution in [3.63, 3.8) is 0 Å². The van der Waals surface area contributed by atoms with Crippen molar-refractivity contribution in [2.75, 3.05) is 18.0 Å². The van der Waals surface area contributed by atoms with Crippen LogP contribution in [0.2, 0.25) is 0 Å². The summed E-state index contributed by atoms with van der Waals surface area (Å²) in [6.45, 7) is 3.94. The molecular formula is C16H18N6. The van der Waals surface area contributed by atoms with Crippen LogP contribution in [-0.4, -0.2) is 37.8 Å². The fourth-order valence-electron chi connectivity index (χ4n) is 3.22. The van der Waals surface area contributed by atoms with Gasteiger partial charge in [0.2, 0.25) is 0 Å². The fraction of sp³-hybridized carbons (Fsp3) is 0.375. The van der Waals surface area contributed by atoms with Crippen LogP contribution in [0.1, 0.15) is 23.7 Å². The minimum atomic E-state index is 0.420. The minimum absolute atomic E-state index is 0.420. The lowest BCUT2D eigenvalue weighted by atomic mass is 10.0. The third kappa shape index (κ3) is 2.11. The molecule has 1 atom stereocenters. The van der Waals surface area contributed by atoms with Gasteiger partial charge in [-0.15, -0.1) is 0 Å². The van der Waals surface area contributed by atoms with Gasteiger partial charge in [0.25, 0.3) is 0 Å². The Morgan fingerprint density at radius 2 is 2.14 bits per heavy atom. The van der Waals surface area contributed by atoms with E-state index >= 15 is 0 Å². The zero-order valence-corrected chi connectivity index (χ0v) is 12.8. The van der Waals surface area contributed by atoms with Gasteiger partial charge in [0.05, 0.1) is 5.69 Å². The van der Waals surface area contributed by atoms with Gasteiger partial charge < -0.3 is 4.90 Å². The average Bonchev–Trinajstić information content (AvgIpc) is 3.13. The van der Waals surface area contributed by atoms with Crippen molar-refractivity contribution in [3.8, 4) is 0 Å². The summed E-state index contributed by atoms with van der Waals surface area (Å²) in [7, 11) is 1.96. The van der Waals surface area contributed by atoms with Gasteiger partial charge in [-0.25, -0.2) is 15.0 Å². The van der Waals surface area contributed by atoms with E-state index in [-0.39, 0.29) is 0 Å². The first-order valence-corrected chi connectivity index (χ1v) is 7.53. The lowest BCUT2D eigenvalue weighted by Crippen LogP contribution is -2.20. The molecule has 0 unspecified atom stereocenters. The van der Waals surface area contributed by atoms with Crippen LogP contribution in [0.25, 0.3) is 11.0 Å². The molecule has 4 rings (SSSR count). The molecule has 0 N–H and O–H groups in total. The van der Waals surface area contributed by atoms with Crippen molar-refractivity contribution in [1.82, 2.24) is 24.7 Å². The maximum Gasteiger partial charge on any atom is 0.157 e. The Hall–Kier alpha value is -2.50. The molecule has 0 bridgehead atoms. The lowest BCUT2D eigenvalue weighted by molar-refractivity contribution is 0.692. The SMILES string of the molecule is Cc1cc(N2CC[C@H](c3nn(C)c4ncccc34)C2)ncn1. The molecule has 0 aromatic carbocycles. The van der Waals surface area contributed by atoms with Gasteiger partial charge in [0, 0.05) is 49.4 Å². The molecule has 0 spiro atoms.